The number of fused-ring (bicyclic) bond motifs is 1. The molecule has 0 atom stereocenters. The number of hydrogen-bond donors (Lipinski definition) is 1. The molecule has 0 radical (unpaired) electrons. The highest BCUT2D eigenvalue weighted by Crippen LogP contribution is 2.30. The number of carbonyl (C=O) groups is 1. The summed E-state index contributed by atoms with van der Waals surface area (Å²) in [6, 6.07) is 11.7. The number of carboxylic acids is 1. The van der Waals surface area contributed by atoms with Gasteiger partial charge in [-0.2, -0.15) is 0 Å². The zero-order chi connectivity index (χ0) is 17.4. The SMILES string of the molecule is Cc1cccc(C)c1Cn1cc(C(C)C)c2ccc(C(=O)O)cc21. The van der Waals surface area contributed by atoms with Crippen molar-refractivity contribution in [3.8, 4) is 0 Å². The molecule has 0 aliphatic heterocycles. The van der Waals surface area contributed by atoms with E-state index in [0.717, 1.165) is 17.4 Å². The molecule has 0 aliphatic rings. The average molecular weight is 321 g/mol. The number of hydrogen-bond acceptors (Lipinski definition) is 1. The van der Waals surface area contributed by atoms with E-state index in [1.165, 1.54) is 22.3 Å². The predicted octanol–water partition coefficient (Wildman–Crippen LogP) is 5.13. The Morgan fingerprint density at radius 3 is 2.38 bits per heavy atom. The topological polar surface area (TPSA) is 42.2 Å². The number of aromatic carboxylic acids is 1. The minimum atomic E-state index is -0.886. The Hall–Kier alpha value is -2.55. The highest BCUT2D eigenvalue weighted by atomic mass is 16.4. The molecule has 0 bridgehead atoms. The zero-order valence-corrected chi connectivity index (χ0v) is 14.6. The molecule has 1 heterocycles. The van der Waals surface area contributed by atoms with Gasteiger partial charge in [0.15, 0.2) is 0 Å². The fourth-order valence-electron chi connectivity index (χ4n) is 3.31. The summed E-state index contributed by atoms with van der Waals surface area (Å²) in [6.07, 6.45) is 2.17. The van der Waals surface area contributed by atoms with Gasteiger partial charge in [-0.05, 0) is 54.2 Å². The van der Waals surface area contributed by atoms with E-state index in [2.05, 4.69) is 56.7 Å². The molecule has 0 saturated heterocycles. The van der Waals surface area contributed by atoms with Crippen LogP contribution in [0.4, 0.5) is 0 Å². The van der Waals surface area contributed by atoms with E-state index < -0.39 is 5.97 Å². The second kappa shape index (κ2) is 6.16. The Morgan fingerprint density at radius 2 is 1.79 bits per heavy atom. The van der Waals surface area contributed by atoms with Crippen molar-refractivity contribution in [1.29, 1.82) is 0 Å². The van der Waals surface area contributed by atoms with Gasteiger partial charge in [-0.15, -0.1) is 0 Å². The lowest BCUT2D eigenvalue weighted by atomic mass is 10.0. The maximum absolute atomic E-state index is 11.4. The van der Waals surface area contributed by atoms with Gasteiger partial charge in [-0.1, -0.05) is 38.1 Å². The Bertz CT molecular complexity index is 899. The molecule has 2 aromatic carbocycles. The molecule has 3 nitrogen and oxygen atoms in total. The van der Waals surface area contributed by atoms with Crippen molar-refractivity contribution < 1.29 is 9.90 Å². The summed E-state index contributed by atoms with van der Waals surface area (Å²) in [6.45, 7) is 9.34. The van der Waals surface area contributed by atoms with Gasteiger partial charge in [0, 0.05) is 23.6 Å². The highest BCUT2D eigenvalue weighted by molar-refractivity contribution is 5.94. The third-order valence-electron chi connectivity index (χ3n) is 4.75. The van der Waals surface area contributed by atoms with Gasteiger partial charge >= 0.3 is 5.97 Å². The zero-order valence-electron chi connectivity index (χ0n) is 14.6. The number of aryl methyl sites for hydroxylation is 2. The molecule has 0 spiro atoms. The lowest BCUT2D eigenvalue weighted by Gasteiger charge is -2.12. The van der Waals surface area contributed by atoms with Crippen LogP contribution >= 0.6 is 0 Å². The van der Waals surface area contributed by atoms with E-state index in [0.29, 0.717) is 11.5 Å². The lowest BCUT2D eigenvalue weighted by Crippen LogP contribution is -2.03. The Balaban J connectivity index is 2.19. The Labute approximate surface area is 142 Å². The van der Waals surface area contributed by atoms with Crippen molar-refractivity contribution in [3.05, 3.63) is 70.4 Å². The van der Waals surface area contributed by atoms with Crippen LogP contribution in [0.3, 0.4) is 0 Å². The van der Waals surface area contributed by atoms with Crippen molar-refractivity contribution in [3.63, 3.8) is 0 Å². The summed E-state index contributed by atoms with van der Waals surface area (Å²) in [5.74, 6) is -0.495. The minimum Gasteiger partial charge on any atom is -0.478 e. The molecule has 3 rings (SSSR count). The molecule has 0 saturated carbocycles. The summed E-state index contributed by atoms with van der Waals surface area (Å²) in [4.78, 5) is 11.4. The lowest BCUT2D eigenvalue weighted by molar-refractivity contribution is 0.0697. The van der Waals surface area contributed by atoms with Crippen molar-refractivity contribution in [2.24, 2.45) is 0 Å². The van der Waals surface area contributed by atoms with Crippen LogP contribution in [0.2, 0.25) is 0 Å². The molecule has 0 fully saturated rings. The van der Waals surface area contributed by atoms with Gasteiger partial charge in [0.2, 0.25) is 0 Å². The summed E-state index contributed by atoms with van der Waals surface area (Å²) >= 11 is 0. The molecule has 3 heteroatoms. The first-order chi connectivity index (χ1) is 11.4. The number of aromatic nitrogens is 1. The van der Waals surface area contributed by atoms with Gasteiger partial charge in [0.05, 0.1) is 5.56 Å². The van der Waals surface area contributed by atoms with E-state index in [9.17, 15) is 9.90 Å². The number of carboxylic acid groups (broad SMARTS) is 1. The van der Waals surface area contributed by atoms with Crippen LogP contribution in [0.5, 0.6) is 0 Å². The van der Waals surface area contributed by atoms with Crippen molar-refractivity contribution in [2.75, 3.05) is 0 Å². The molecular formula is C21H23NO2. The van der Waals surface area contributed by atoms with E-state index in [4.69, 9.17) is 0 Å². The van der Waals surface area contributed by atoms with Gasteiger partial charge < -0.3 is 9.67 Å². The molecule has 0 unspecified atom stereocenters. The maximum Gasteiger partial charge on any atom is 0.335 e. The molecule has 1 N–H and O–H groups in total. The van der Waals surface area contributed by atoms with Crippen molar-refractivity contribution in [2.45, 2.75) is 40.2 Å². The number of benzene rings is 2. The van der Waals surface area contributed by atoms with Gasteiger partial charge in [0.25, 0.3) is 0 Å². The largest absolute Gasteiger partial charge is 0.478 e. The smallest absolute Gasteiger partial charge is 0.335 e. The predicted molar refractivity (Wildman–Crippen MR) is 98.0 cm³/mol. The van der Waals surface area contributed by atoms with Gasteiger partial charge in [0.1, 0.15) is 0 Å². The highest BCUT2D eigenvalue weighted by Gasteiger charge is 2.15. The molecule has 0 aliphatic carbocycles. The van der Waals surface area contributed by atoms with E-state index >= 15 is 0 Å². The maximum atomic E-state index is 11.4. The van der Waals surface area contributed by atoms with Crippen LogP contribution in [-0.4, -0.2) is 15.6 Å². The quantitative estimate of drug-likeness (QED) is 0.724. The summed E-state index contributed by atoms with van der Waals surface area (Å²) < 4.78 is 2.19. The van der Waals surface area contributed by atoms with Crippen LogP contribution in [0, 0.1) is 13.8 Å². The first-order valence-corrected chi connectivity index (χ1v) is 8.29. The Morgan fingerprint density at radius 1 is 1.12 bits per heavy atom. The Kier molecular flexibility index (Phi) is 4.18. The van der Waals surface area contributed by atoms with Crippen LogP contribution in [0.15, 0.2) is 42.6 Å². The normalized spacial score (nSPS) is 11.4. The summed E-state index contributed by atoms with van der Waals surface area (Å²) in [7, 11) is 0. The third kappa shape index (κ3) is 2.82. The standard InChI is InChI=1S/C21H23NO2/c1-13(2)18-11-22(12-19-14(3)6-5-7-15(19)4)20-10-16(21(23)24)8-9-17(18)20/h5-11,13H,12H2,1-4H3,(H,23,24). The molecule has 1 aromatic heterocycles. The second-order valence-corrected chi connectivity index (χ2v) is 6.77. The fraction of sp³-hybridized carbons (Fsp3) is 0.286. The van der Waals surface area contributed by atoms with Gasteiger partial charge in [-0.3, -0.25) is 0 Å². The van der Waals surface area contributed by atoms with Crippen molar-refractivity contribution >= 4 is 16.9 Å². The first-order valence-electron chi connectivity index (χ1n) is 8.29. The molecule has 3 aromatic rings. The third-order valence-corrected chi connectivity index (χ3v) is 4.75. The van der Waals surface area contributed by atoms with Crippen LogP contribution in [0.25, 0.3) is 10.9 Å². The number of nitrogens with zero attached hydrogens (tertiary/aromatic N) is 1. The summed E-state index contributed by atoms with van der Waals surface area (Å²) in [5.41, 5.74) is 6.40. The van der Waals surface area contributed by atoms with E-state index in [-0.39, 0.29) is 0 Å². The monoisotopic (exact) mass is 321 g/mol. The summed E-state index contributed by atoms with van der Waals surface area (Å²) in [5, 5.41) is 10.5. The molecule has 0 amide bonds. The molecule has 24 heavy (non-hydrogen) atoms. The molecular weight excluding hydrogens is 298 g/mol. The van der Waals surface area contributed by atoms with Crippen LogP contribution < -0.4 is 0 Å². The van der Waals surface area contributed by atoms with Crippen LogP contribution in [-0.2, 0) is 6.54 Å². The van der Waals surface area contributed by atoms with E-state index in [1.54, 1.807) is 12.1 Å². The van der Waals surface area contributed by atoms with Crippen LogP contribution in [0.1, 0.15) is 52.4 Å². The average Bonchev–Trinajstić information content (AvgIpc) is 2.89. The molecule has 124 valence electrons. The fourth-order valence-corrected chi connectivity index (χ4v) is 3.31. The van der Waals surface area contributed by atoms with Crippen molar-refractivity contribution in [1.82, 2.24) is 4.57 Å². The minimum absolute atomic E-state index is 0.332. The first kappa shape index (κ1) is 16.3. The van der Waals surface area contributed by atoms with Gasteiger partial charge in [-0.25, -0.2) is 4.79 Å². The van der Waals surface area contributed by atoms with E-state index in [1.807, 2.05) is 6.07 Å². The second-order valence-electron chi connectivity index (χ2n) is 6.77. The number of rotatable bonds is 4.